The van der Waals surface area contributed by atoms with E-state index in [1.54, 1.807) is 17.0 Å². The van der Waals surface area contributed by atoms with Crippen LogP contribution in [0.15, 0.2) is 18.2 Å². The molecule has 3 aliphatic rings. The first-order valence-electron chi connectivity index (χ1n) is 11.6. The van der Waals surface area contributed by atoms with E-state index in [0.717, 1.165) is 17.7 Å². The smallest absolute Gasteiger partial charge is 0.255 e. The summed E-state index contributed by atoms with van der Waals surface area (Å²) in [6.07, 6.45) is 1.39. The van der Waals surface area contributed by atoms with Crippen LogP contribution in [0.4, 0.5) is 5.69 Å². The van der Waals surface area contributed by atoms with Gasteiger partial charge in [-0.1, -0.05) is 6.07 Å². The van der Waals surface area contributed by atoms with Gasteiger partial charge in [-0.2, -0.15) is 0 Å². The van der Waals surface area contributed by atoms with Gasteiger partial charge in [-0.3, -0.25) is 24.5 Å². The number of hydrogen-bond acceptors (Lipinski definition) is 8. The number of fused-ring (bicyclic) bond motifs is 1. The van der Waals surface area contributed by atoms with Gasteiger partial charge in [-0.05, 0) is 25.0 Å². The fraction of sp³-hybridized carbons (Fsp3) is 0.565. The van der Waals surface area contributed by atoms with Crippen LogP contribution in [0.2, 0.25) is 0 Å². The van der Waals surface area contributed by atoms with Gasteiger partial charge in [0.05, 0.1) is 19.8 Å². The van der Waals surface area contributed by atoms with E-state index in [4.69, 9.17) is 15.2 Å². The van der Waals surface area contributed by atoms with Crippen LogP contribution in [0.5, 0.6) is 0 Å². The lowest BCUT2D eigenvalue weighted by Gasteiger charge is -2.29. The molecule has 11 nitrogen and oxygen atoms in total. The number of anilines is 1. The summed E-state index contributed by atoms with van der Waals surface area (Å²) >= 11 is 0. The van der Waals surface area contributed by atoms with Gasteiger partial charge in [0.25, 0.3) is 5.91 Å². The van der Waals surface area contributed by atoms with Crippen molar-refractivity contribution in [2.75, 3.05) is 51.4 Å². The molecule has 1 aromatic carbocycles. The summed E-state index contributed by atoms with van der Waals surface area (Å²) in [4.78, 5) is 51.7. The van der Waals surface area contributed by atoms with E-state index < -0.39 is 11.9 Å². The van der Waals surface area contributed by atoms with Crippen molar-refractivity contribution in [2.24, 2.45) is 5.73 Å². The van der Waals surface area contributed by atoms with Crippen LogP contribution in [0, 0.1) is 0 Å². The minimum Gasteiger partial charge on any atom is -0.382 e. The zero-order valence-corrected chi connectivity index (χ0v) is 19.1. The molecule has 0 saturated carbocycles. The van der Waals surface area contributed by atoms with Gasteiger partial charge < -0.3 is 30.3 Å². The number of carbonyl (C=O) groups is 4. The Morgan fingerprint density at radius 3 is 2.74 bits per heavy atom. The molecule has 34 heavy (non-hydrogen) atoms. The fourth-order valence-electron chi connectivity index (χ4n) is 4.49. The Bertz CT molecular complexity index is 954. The topological polar surface area (TPSA) is 143 Å². The second kappa shape index (κ2) is 10.9. The summed E-state index contributed by atoms with van der Waals surface area (Å²) in [6.45, 7) is 3.25. The molecular formula is C23H31N5O6. The number of piperidine rings is 1. The Balaban J connectivity index is 1.17. The number of hydrogen-bond donors (Lipinski definition) is 3. The van der Waals surface area contributed by atoms with Crippen molar-refractivity contribution < 1.29 is 28.7 Å². The van der Waals surface area contributed by atoms with Crippen LogP contribution in [-0.2, 0) is 30.4 Å². The molecule has 0 aromatic heterocycles. The van der Waals surface area contributed by atoms with Crippen LogP contribution in [0.1, 0.15) is 35.2 Å². The number of likely N-dealkylation sites (tertiary alicyclic amines) is 1. The minimum absolute atomic E-state index is 0.0299. The average molecular weight is 474 g/mol. The molecule has 2 unspecified atom stereocenters. The van der Waals surface area contributed by atoms with E-state index in [-0.39, 0.29) is 36.8 Å². The van der Waals surface area contributed by atoms with E-state index in [0.29, 0.717) is 58.0 Å². The third kappa shape index (κ3) is 5.54. The molecule has 2 fully saturated rings. The summed E-state index contributed by atoms with van der Waals surface area (Å²) in [7, 11) is 0. The first-order chi connectivity index (χ1) is 16.4. The van der Waals surface area contributed by atoms with E-state index >= 15 is 0 Å². The Kier molecular flexibility index (Phi) is 7.76. The minimum atomic E-state index is -0.636. The average Bonchev–Trinajstić information content (AvgIpc) is 3.39. The molecule has 4 rings (SSSR count). The van der Waals surface area contributed by atoms with E-state index in [9.17, 15) is 19.2 Å². The first kappa shape index (κ1) is 24.1. The number of rotatable bonds is 10. The maximum Gasteiger partial charge on any atom is 0.255 e. The highest BCUT2D eigenvalue weighted by Gasteiger charge is 2.39. The number of imide groups is 1. The van der Waals surface area contributed by atoms with E-state index in [1.807, 2.05) is 6.07 Å². The number of nitrogens with zero attached hydrogens (tertiary/aromatic N) is 2. The van der Waals surface area contributed by atoms with Gasteiger partial charge in [-0.15, -0.1) is 0 Å². The molecule has 184 valence electrons. The maximum atomic E-state index is 12.9. The van der Waals surface area contributed by atoms with Gasteiger partial charge in [-0.25, -0.2) is 0 Å². The highest BCUT2D eigenvalue weighted by molar-refractivity contribution is 6.06. The van der Waals surface area contributed by atoms with Gasteiger partial charge in [0.15, 0.2) is 0 Å². The number of nitrogens with two attached hydrogens (primary N) is 1. The van der Waals surface area contributed by atoms with E-state index in [1.165, 1.54) is 4.90 Å². The highest BCUT2D eigenvalue weighted by atomic mass is 16.5. The van der Waals surface area contributed by atoms with Crippen LogP contribution in [0.3, 0.4) is 0 Å². The monoisotopic (exact) mass is 473 g/mol. The van der Waals surface area contributed by atoms with Crippen molar-refractivity contribution in [1.29, 1.82) is 0 Å². The Labute approximate surface area is 197 Å². The van der Waals surface area contributed by atoms with Crippen LogP contribution in [0.25, 0.3) is 0 Å². The lowest BCUT2D eigenvalue weighted by atomic mass is 10.0. The van der Waals surface area contributed by atoms with Gasteiger partial charge in [0.1, 0.15) is 12.6 Å². The summed E-state index contributed by atoms with van der Waals surface area (Å²) in [5.74, 6) is -0.977. The van der Waals surface area contributed by atoms with Crippen LogP contribution in [-0.4, -0.2) is 91.6 Å². The standard InChI is InChI=1S/C23H31N5O6/c24-15-6-8-27(12-15)21(30)14-34-11-10-33-9-7-25-18-3-1-2-16-17(18)13-28(23(16)32)19-4-5-20(29)26-22(19)31/h1-3,15,19,25H,4-14,24H2,(H,26,29,31). The van der Waals surface area contributed by atoms with Crippen molar-refractivity contribution >= 4 is 29.3 Å². The highest BCUT2D eigenvalue weighted by Crippen LogP contribution is 2.32. The van der Waals surface area contributed by atoms with Gasteiger partial charge >= 0.3 is 0 Å². The molecule has 4 N–H and O–H groups in total. The molecule has 0 radical (unpaired) electrons. The van der Waals surface area contributed by atoms with Gasteiger partial charge in [0, 0.05) is 55.5 Å². The summed E-state index contributed by atoms with van der Waals surface area (Å²) in [6, 6.07) is 4.86. The van der Waals surface area contributed by atoms with Crippen molar-refractivity contribution in [3.63, 3.8) is 0 Å². The molecule has 3 aliphatic heterocycles. The summed E-state index contributed by atoms with van der Waals surface area (Å²) in [5.41, 5.74) is 8.02. The predicted octanol–water partition coefficient (Wildman–Crippen LogP) is -0.548. The maximum absolute atomic E-state index is 12.9. The normalized spacial score (nSPS) is 22.2. The molecular weight excluding hydrogens is 442 g/mol. The molecule has 2 saturated heterocycles. The number of benzene rings is 1. The molecule has 0 bridgehead atoms. The zero-order valence-electron chi connectivity index (χ0n) is 19.1. The van der Waals surface area contributed by atoms with E-state index in [2.05, 4.69) is 10.6 Å². The Morgan fingerprint density at radius 2 is 1.97 bits per heavy atom. The van der Waals surface area contributed by atoms with Crippen molar-refractivity contribution in [2.45, 2.75) is 37.9 Å². The quantitative estimate of drug-likeness (QED) is 0.303. The summed E-state index contributed by atoms with van der Waals surface area (Å²) in [5, 5.41) is 5.60. The second-order valence-corrected chi connectivity index (χ2v) is 8.71. The summed E-state index contributed by atoms with van der Waals surface area (Å²) < 4.78 is 11.0. The molecule has 0 aliphatic carbocycles. The second-order valence-electron chi connectivity index (χ2n) is 8.71. The molecule has 2 atom stereocenters. The lowest BCUT2D eigenvalue weighted by molar-refractivity contribution is -0.137. The van der Waals surface area contributed by atoms with Crippen LogP contribution >= 0.6 is 0 Å². The SMILES string of the molecule is NC1CCN(C(=O)COCCOCCNc2cccc3c2CN(C2CCC(=O)NC2=O)C3=O)C1. The molecule has 4 amide bonds. The Morgan fingerprint density at radius 1 is 1.15 bits per heavy atom. The van der Waals surface area contributed by atoms with Crippen molar-refractivity contribution in [3.05, 3.63) is 29.3 Å². The van der Waals surface area contributed by atoms with Gasteiger partial charge in [0.2, 0.25) is 17.7 Å². The third-order valence-electron chi connectivity index (χ3n) is 6.32. The first-order valence-corrected chi connectivity index (χ1v) is 11.6. The third-order valence-corrected chi connectivity index (χ3v) is 6.32. The number of nitrogens with one attached hydrogen (secondary N) is 2. The lowest BCUT2D eigenvalue weighted by Crippen LogP contribution is -2.52. The molecule has 11 heteroatoms. The molecule has 0 spiro atoms. The van der Waals surface area contributed by atoms with Crippen LogP contribution < -0.4 is 16.4 Å². The number of ether oxygens (including phenoxy) is 2. The van der Waals surface area contributed by atoms with Crippen molar-refractivity contribution in [1.82, 2.24) is 15.1 Å². The fourth-order valence-corrected chi connectivity index (χ4v) is 4.49. The molecule has 3 heterocycles. The van der Waals surface area contributed by atoms with Crippen molar-refractivity contribution in [3.8, 4) is 0 Å². The number of carbonyl (C=O) groups excluding carboxylic acids is 4. The predicted molar refractivity (Wildman–Crippen MR) is 122 cm³/mol. The molecule has 1 aromatic rings. The number of amides is 4. The largest absolute Gasteiger partial charge is 0.382 e. The Hall–Kier alpha value is -3.02. The zero-order chi connectivity index (χ0) is 24.1.